The van der Waals surface area contributed by atoms with Crippen molar-refractivity contribution in [3.8, 4) is 0 Å². The fourth-order valence-electron chi connectivity index (χ4n) is 1.44. The molecule has 0 bridgehead atoms. The number of amides is 1. The zero-order valence-electron chi connectivity index (χ0n) is 11.5. The summed E-state index contributed by atoms with van der Waals surface area (Å²) in [5.41, 5.74) is 0. The molecule has 15 heavy (non-hydrogen) atoms. The average Bonchev–Trinajstić information content (AvgIpc) is 2.76. The highest BCUT2D eigenvalue weighted by Gasteiger charge is 2.17. The number of carbonyl (C=O) groups excluding carboxylic acids is 1. The van der Waals surface area contributed by atoms with E-state index >= 15 is 0 Å². The van der Waals surface area contributed by atoms with Gasteiger partial charge in [-0.2, -0.15) is 0 Å². The van der Waals surface area contributed by atoms with Gasteiger partial charge in [0.1, 0.15) is 0 Å². The third kappa shape index (κ3) is 8.46. The summed E-state index contributed by atoms with van der Waals surface area (Å²) in [5.74, 6) is 0.848. The number of carbonyl (C=O) groups is 1. The van der Waals surface area contributed by atoms with Crippen LogP contribution in [0.4, 0.5) is 0 Å². The van der Waals surface area contributed by atoms with Gasteiger partial charge in [-0.05, 0) is 18.8 Å². The van der Waals surface area contributed by atoms with Gasteiger partial charge in [-0.3, -0.25) is 4.79 Å². The van der Waals surface area contributed by atoms with Crippen molar-refractivity contribution in [2.24, 2.45) is 5.92 Å². The summed E-state index contributed by atoms with van der Waals surface area (Å²) in [4.78, 5) is 13.4. The number of rotatable bonds is 2. The van der Waals surface area contributed by atoms with Crippen molar-refractivity contribution in [1.82, 2.24) is 4.90 Å². The van der Waals surface area contributed by atoms with Crippen LogP contribution in [0.25, 0.3) is 0 Å². The molecule has 0 atom stereocenters. The standard InChI is InChI=1S/C9H17NO.2C2H6/c1-8(2)7-9(11)10-5-3-4-6-10;2*1-2/h8H,3-7H2,1-2H3;2*1-2H3. The Morgan fingerprint density at radius 3 is 1.80 bits per heavy atom. The van der Waals surface area contributed by atoms with Crippen molar-refractivity contribution in [3.05, 3.63) is 0 Å². The summed E-state index contributed by atoms with van der Waals surface area (Å²) >= 11 is 0. The first-order chi connectivity index (χ1) is 7.20. The van der Waals surface area contributed by atoms with Gasteiger partial charge in [-0.15, -0.1) is 0 Å². The molecule has 0 spiro atoms. The zero-order valence-corrected chi connectivity index (χ0v) is 11.5. The van der Waals surface area contributed by atoms with Gasteiger partial charge in [-0.25, -0.2) is 0 Å². The lowest BCUT2D eigenvalue weighted by Gasteiger charge is -2.16. The SMILES string of the molecule is CC.CC.CC(C)CC(=O)N1CCCC1. The van der Waals surface area contributed by atoms with Crippen molar-refractivity contribution in [1.29, 1.82) is 0 Å². The minimum absolute atomic E-state index is 0.345. The van der Waals surface area contributed by atoms with E-state index < -0.39 is 0 Å². The lowest BCUT2D eigenvalue weighted by Crippen LogP contribution is -2.28. The second-order valence-corrected chi connectivity index (χ2v) is 3.69. The van der Waals surface area contributed by atoms with E-state index in [1.54, 1.807) is 0 Å². The number of nitrogens with zero attached hydrogens (tertiary/aromatic N) is 1. The Morgan fingerprint density at radius 1 is 1.07 bits per heavy atom. The van der Waals surface area contributed by atoms with Gasteiger partial charge in [0.2, 0.25) is 5.91 Å². The Hall–Kier alpha value is -0.530. The third-order valence-electron chi connectivity index (χ3n) is 2.04. The van der Waals surface area contributed by atoms with Crippen molar-refractivity contribution in [3.63, 3.8) is 0 Å². The van der Waals surface area contributed by atoms with Gasteiger partial charge >= 0.3 is 0 Å². The predicted molar refractivity (Wildman–Crippen MR) is 68.0 cm³/mol. The van der Waals surface area contributed by atoms with Crippen molar-refractivity contribution in [2.75, 3.05) is 13.1 Å². The Balaban J connectivity index is 0. The fraction of sp³-hybridized carbons (Fsp3) is 0.923. The molecule has 1 saturated heterocycles. The van der Waals surface area contributed by atoms with Gasteiger partial charge in [0, 0.05) is 19.5 Å². The minimum Gasteiger partial charge on any atom is -0.343 e. The maximum atomic E-state index is 11.4. The summed E-state index contributed by atoms with van der Waals surface area (Å²) in [6.45, 7) is 14.2. The lowest BCUT2D eigenvalue weighted by molar-refractivity contribution is -0.130. The largest absolute Gasteiger partial charge is 0.343 e. The molecule has 0 N–H and O–H groups in total. The van der Waals surface area contributed by atoms with Crippen molar-refractivity contribution >= 4 is 5.91 Å². The van der Waals surface area contributed by atoms with Crippen LogP contribution in [-0.4, -0.2) is 23.9 Å². The van der Waals surface area contributed by atoms with Crippen molar-refractivity contribution < 1.29 is 4.79 Å². The molecule has 0 radical (unpaired) electrons. The smallest absolute Gasteiger partial charge is 0.222 e. The summed E-state index contributed by atoms with van der Waals surface area (Å²) in [6, 6.07) is 0. The van der Waals surface area contributed by atoms with E-state index in [9.17, 15) is 4.79 Å². The maximum absolute atomic E-state index is 11.4. The predicted octanol–water partition coefficient (Wildman–Crippen LogP) is 3.71. The molecule has 2 heteroatoms. The highest BCUT2D eigenvalue weighted by atomic mass is 16.2. The van der Waals surface area contributed by atoms with Crippen molar-refractivity contribution in [2.45, 2.75) is 60.8 Å². The van der Waals surface area contributed by atoms with E-state index in [1.165, 1.54) is 12.8 Å². The van der Waals surface area contributed by atoms with Crippen LogP contribution in [0.5, 0.6) is 0 Å². The molecule has 0 aromatic carbocycles. The molecule has 1 fully saturated rings. The third-order valence-corrected chi connectivity index (χ3v) is 2.04. The highest BCUT2D eigenvalue weighted by Crippen LogP contribution is 2.11. The first kappa shape index (κ1) is 16.9. The second-order valence-electron chi connectivity index (χ2n) is 3.69. The van der Waals surface area contributed by atoms with Crippen LogP contribution >= 0.6 is 0 Å². The monoisotopic (exact) mass is 215 g/mol. The van der Waals surface area contributed by atoms with Crippen LogP contribution in [0, 0.1) is 5.92 Å². The second kappa shape index (κ2) is 11.5. The summed E-state index contributed by atoms with van der Waals surface area (Å²) in [7, 11) is 0. The van der Waals surface area contributed by atoms with E-state index in [-0.39, 0.29) is 0 Å². The summed E-state index contributed by atoms with van der Waals surface area (Å²) in [5, 5.41) is 0. The Morgan fingerprint density at radius 2 is 1.47 bits per heavy atom. The van der Waals surface area contributed by atoms with Gasteiger partial charge in [0.05, 0.1) is 0 Å². The summed E-state index contributed by atoms with van der Waals surface area (Å²) in [6.07, 6.45) is 3.12. The molecular weight excluding hydrogens is 186 g/mol. The van der Waals surface area contributed by atoms with Gasteiger partial charge < -0.3 is 4.90 Å². The van der Waals surface area contributed by atoms with Crippen LogP contribution in [0.2, 0.25) is 0 Å². The molecule has 92 valence electrons. The highest BCUT2D eigenvalue weighted by molar-refractivity contribution is 5.76. The first-order valence-electron chi connectivity index (χ1n) is 6.48. The van der Waals surface area contributed by atoms with E-state index in [4.69, 9.17) is 0 Å². The molecule has 0 aliphatic carbocycles. The molecule has 1 amide bonds. The fourth-order valence-corrected chi connectivity index (χ4v) is 1.44. The maximum Gasteiger partial charge on any atom is 0.222 e. The van der Waals surface area contributed by atoms with E-state index in [0.29, 0.717) is 11.8 Å². The molecule has 1 aliphatic rings. The first-order valence-corrected chi connectivity index (χ1v) is 6.48. The van der Waals surface area contributed by atoms with Crippen LogP contribution in [0.3, 0.4) is 0 Å². The molecule has 1 rings (SSSR count). The Bertz CT molecular complexity index is 137. The Kier molecular flexibility index (Phi) is 13.0. The van der Waals surface area contributed by atoms with Gasteiger partial charge in [0.25, 0.3) is 0 Å². The molecule has 0 aromatic heterocycles. The van der Waals surface area contributed by atoms with Crippen LogP contribution in [-0.2, 0) is 4.79 Å². The van der Waals surface area contributed by atoms with Gasteiger partial charge in [-0.1, -0.05) is 41.5 Å². The van der Waals surface area contributed by atoms with Crippen LogP contribution in [0.1, 0.15) is 60.8 Å². The lowest BCUT2D eigenvalue weighted by atomic mass is 10.1. The minimum atomic E-state index is 0.345. The van der Waals surface area contributed by atoms with Crippen LogP contribution in [0.15, 0.2) is 0 Å². The normalized spacial score (nSPS) is 13.9. The quantitative estimate of drug-likeness (QED) is 0.687. The molecule has 0 unspecified atom stereocenters. The molecule has 0 aromatic rings. The molecule has 2 nitrogen and oxygen atoms in total. The van der Waals surface area contributed by atoms with E-state index in [0.717, 1.165) is 19.5 Å². The molecule has 1 aliphatic heterocycles. The van der Waals surface area contributed by atoms with E-state index in [1.807, 2.05) is 32.6 Å². The molecular formula is C13H29NO. The van der Waals surface area contributed by atoms with E-state index in [2.05, 4.69) is 13.8 Å². The molecule has 1 heterocycles. The topological polar surface area (TPSA) is 20.3 Å². The number of hydrogen-bond donors (Lipinski definition) is 0. The summed E-state index contributed by atoms with van der Waals surface area (Å²) < 4.78 is 0. The van der Waals surface area contributed by atoms with Gasteiger partial charge in [0.15, 0.2) is 0 Å². The molecule has 0 saturated carbocycles. The number of likely N-dealkylation sites (tertiary alicyclic amines) is 1. The zero-order chi connectivity index (χ0) is 12.3. The van der Waals surface area contributed by atoms with Crippen LogP contribution < -0.4 is 0 Å². The Labute approximate surface area is 96.0 Å². The number of hydrogen-bond acceptors (Lipinski definition) is 1. The average molecular weight is 215 g/mol.